The van der Waals surface area contributed by atoms with Crippen molar-refractivity contribution in [2.24, 2.45) is 0 Å². The first kappa shape index (κ1) is 16.9. The molecule has 1 atom stereocenters. The Balaban J connectivity index is 1.72. The fourth-order valence-corrected chi connectivity index (χ4v) is 4.13. The fraction of sp³-hybridized carbons (Fsp3) is 0.278. The molecule has 4 nitrogen and oxygen atoms in total. The zero-order chi connectivity index (χ0) is 16.9. The molecular formula is C18H18N2O2S2. The maximum absolute atomic E-state index is 12.8. The van der Waals surface area contributed by atoms with Crippen LogP contribution in [-0.4, -0.2) is 32.0 Å². The molecule has 0 unspecified atom stereocenters. The highest BCUT2D eigenvalue weighted by Crippen LogP contribution is 2.33. The van der Waals surface area contributed by atoms with Gasteiger partial charge in [0.2, 0.25) is 5.91 Å². The molecule has 0 saturated carbocycles. The van der Waals surface area contributed by atoms with E-state index < -0.39 is 0 Å². The monoisotopic (exact) mass is 358 g/mol. The molecule has 124 valence electrons. The Labute approximate surface area is 151 Å². The molecule has 0 radical (unpaired) electrons. The van der Waals surface area contributed by atoms with Crippen LogP contribution in [0, 0.1) is 0 Å². The lowest BCUT2D eigenvalue weighted by Gasteiger charge is -2.16. The Morgan fingerprint density at radius 1 is 1.29 bits per heavy atom. The Kier molecular flexibility index (Phi) is 5.48. The Bertz CT molecular complexity index is 737. The first-order valence-electron chi connectivity index (χ1n) is 7.80. The number of benzene rings is 1. The van der Waals surface area contributed by atoms with Crippen LogP contribution in [0.25, 0.3) is 0 Å². The Morgan fingerprint density at radius 2 is 2.12 bits per heavy atom. The fourth-order valence-electron chi connectivity index (χ4n) is 2.61. The first-order valence-corrected chi connectivity index (χ1v) is 9.09. The summed E-state index contributed by atoms with van der Waals surface area (Å²) < 4.78 is 6.28. The van der Waals surface area contributed by atoms with Gasteiger partial charge in [-0.3, -0.25) is 14.7 Å². The van der Waals surface area contributed by atoms with Gasteiger partial charge in [-0.2, -0.15) is 0 Å². The van der Waals surface area contributed by atoms with Crippen LogP contribution in [-0.2, 0) is 17.8 Å². The van der Waals surface area contributed by atoms with Crippen LogP contribution in [0.4, 0.5) is 0 Å². The van der Waals surface area contributed by atoms with Gasteiger partial charge in [0.15, 0.2) is 0 Å². The zero-order valence-corrected chi connectivity index (χ0v) is 15.0. The lowest BCUT2D eigenvalue weighted by molar-refractivity contribution is -0.126. The number of nitrogens with zero attached hydrogens (tertiary/aromatic N) is 2. The molecule has 2 heterocycles. The minimum Gasteiger partial charge on any atom is -0.494 e. The van der Waals surface area contributed by atoms with Gasteiger partial charge in [-0.15, -0.1) is 0 Å². The summed E-state index contributed by atoms with van der Waals surface area (Å²) >= 11 is 6.86. The van der Waals surface area contributed by atoms with Gasteiger partial charge >= 0.3 is 0 Å². The second-order valence-electron chi connectivity index (χ2n) is 5.40. The van der Waals surface area contributed by atoms with Crippen LogP contribution in [0.5, 0.6) is 5.75 Å². The molecule has 0 bridgehead atoms. The first-order chi connectivity index (χ1) is 11.7. The molecular weight excluding hydrogens is 340 g/mol. The highest BCUT2D eigenvalue weighted by atomic mass is 32.2. The van der Waals surface area contributed by atoms with E-state index >= 15 is 0 Å². The number of hydrogen-bond donors (Lipinski definition) is 0. The van der Waals surface area contributed by atoms with Gasteiger partial charge in [0.05, 0.1) is 18.4 Å². The van der Waals surface area contributed by atoms with E-state index in [0.29, 0.717) is 23.9 Å². The number of carbonyl (C=O) groups excluding carboxylic acids is 1. The second kappa shape index (κ2) is 7.77. The van der Waals surface area contributed by atoms with Gasteiger partial charge in [0.25, 0.3) is 0 Å². The van der Waals surface area contributed by atoms with Gasteiger partial charge in [0.1, 0.15) is 10.1 Å². The topological polar surface area (TPSA) is 42.4 Å². The van der Waals surface area contributed by atoms with Gasteiger partial charge in [-0.1, -0.05) is 48.2 Å². The standard InChI is InChI=1S/C18H18N2O2S2/c1-2-22-15-8-4-3-7-14(15)10-16-17(21)20(18(23)24-16)12-13-6-5-9-19-11-13/h3-9,11,16H,2,10,12H2,1H3/t16-/m1/s1. The van der Waals surface area contributed by atoms with Gasteiger partial charge in [-0.25, -0.2) is 0 Å². The molecule has 3 rings (SSSR count). The molecule has 1 aromatic heterocycles. The SMILES string of the molecule is CCOc1ccccc1C[C@H]1SC(=S)N(Cc2cccnc2)C1=O. The van der Waals surface area contributed by atoms with E-state index in [0.717, 1.165) is 16.9 Å². The molecule has 1 saturated heterocycles. The number of hydrogen-bond acceptors (Lipinski definition) is 5. The van der Waals surface area contributed by atoms with Gasteiger partial charge in [0, 0.05) is 12.4 Å². The summed E-state index contributed by atoms with van der Waals surface area (Å²) in [5.41, 5.74) is 2.01. The van der Waals surface area contributed by atoms with Gasteiger partial charge < -0.3 is 4.74 Å². The lowest BCUT2D eigenvalue weighted by Crippen LogP contribution is -2.31. The molecule has 2 aromatic rings. The lowest BCUT2D eigenvalue weighted by atomic mass is 10.1. The van der Waals surface area contributed by atoms with E-state index in [1.54, 1.807) is 17.3 Å². The number of amides is 1. The summed E-state index contributed by atoms with van der Waals surface area (Å²) in [5, 5.41) is -0.198. The third kappa shape index (κ3) is 3.76. The number of pyridine rings is 1. The predicted molar refractivity (Wildman–Crippen MR) is 100 cm³/mol. The molecule has 1 aliphatic heterocycles. The molecule has 0 spiro atoms. The number of aromatic nitrogens is 1. The van der Waals surface area contributed by atoms with E-state index in [1.807, 2.05) is 43.3 Å². The van der Waals surface area contributed by atoms with Crippen molar-refractivity contribution in [3.05, 3.63) is 59.9 Å². The maximum atomic E-state index is 12.8. The molecule has 0 N–H and O–H groups in total. The van der Waals surface area contributed by atoms with E-state index in [-0.39, 0.29) is 11.2 Å². The van der Waals surface area contributed by atoms with Crippen LogP contribution in [0.15, 0.2) is 48.8 Å². The summed E-state index contributed by atoms with van der Waals surface area (Å²) in [6.45, 7) is 3.04. The number of thioether (sulfide) groups is 1. The Morgan fingerprint density at radius 3 is 2.88 bits per heavy atom. The van der Waals surface area contributed by atoms with Crippen molar-refractivity contribution in [2.75, 3.05) is 6.61 Å². The van der Waals surface area contributed by atoms with E-state index in [1.165, 1.54) is 11.8 Å². The smallest absolute Gasteiger partial charge is 0.242 e. The average Bonchev–Trinajstić information content (AvgIpc) is 2.85. The number of rotatable bonds is 6. The van der Waals surface area contributed by atoms with Crippen LogP contribution < -0.4 is 4.74 Å². The van der Waals surface area contributed by atoms with Gasteiger partial charge in [-0.05, 0) is 36.6 Å². The minimum absolute atomic E-state index is 0.0557. The van der Waals surface area contributed by atoms with Crippen molar-refractivity contribution in [2.45, 2.75) is 25.1 Å². The summed E-state index contributed by atoms with van der Waals surface area (Å²) in [6.07, 6.45) is 4.09. The van der Waals surface area contributed by atoms with Crippen molar-refractivity contribution in [3.63, 3.8) is 0 Å². The van der Waals surface area contributed by atoms with Crippen LogP contribution in [0.2, 0.25) is 0 Å². The number of carbonyl (C=O) groups is 1. The highest BCUT2D eigenvalue weighted by Gasteiger charge is 2.37. The van der Waals surface area contributed by atoms with Crippen molar-refractivity contribution >= 4 is 34.2 Å². The minimum atomic E-state index is -0.198. The molecule has 1 amide bonds. The molecule has 1 aliphatic rings. The number of para-hydroxylation sites is 1. The molecule has 0 aliphatic carbocycles. The summed E-state index contributed by atoms with van der Waals surface area (Å²) in [5.74, 6) is 0.894. The predicted octanol–water partition coefficient (Wildman–Crippen LogP) is 3.45. The highest BCUT2D eigenvalue weighted by molar-refractivity contribution is 8.24. The largest absolute Gasteiger partial charge is 0.494 e. The van der Waals surface area contributed by atoms with Crippen molar-refractivity contribution in [1.29, 1.82) is 0 Å². The third-order valence-corrected chi connectivity index (χ3v) is 5.33. The van der Waals surface area contributed by atoms with Crippen LogP contribution in [0.3, 0.4) is 0 Å². The number of thiocarbonyl (C=S) groups is 1. The maximum Gasteiger partial charge on any atom is 0.242 e. The normalized spacial score (nSPS) is 17.4. The second-order valence-corrected chi connectivity index (χ2v) is 7.24. The molecule has 6 heteroatoms. The Hall–Kier alpha value is -1.92. The zero-order valence-electron chi connectivity index (χ0n) is 13.3. The van der Waals surface area contributed by atoms with Crippen molar-refractivity contribution in [3.8, 4) is 5.75 Å². The average molecular weight is 358 g/mol. The van der Waals surface area contributed by atoms with Crippen LogP contribution >= 0.6 is 24.0 Å². The van der Waals surface area contributed by atoms with E-state index in [9.17, 15) is 4.79 Å². The van der Waals surface area contributed by atoms with Crippen LogP contribution in [0.1, 0.15) is 18.1 Å². The van der Waals surface area contributed by atoms with E-state index in [4.69, 9.17) is 17.0 Å². The summed E-state index contributed by atoms with van der Waals surface area (Å²) in [4.78, 5) is 18.5. The molecule has 24 heavy (non-hydrogen) atoms. The number of ether oxygens (including phenoxy) is 1. The summed E-state index contributed by atoms with van der Waals surface area (Å²) in [6, 6.07) is 11.7. The molecule has 1 fully saturated rings. The molecule has 1 aromatic carbocycles. The van der Waals surface area contributed by atoms with Crippen molar-refractivity contribution in [1.82, 2.24) is 9.88 Å². The van der Waals surface area contributed by atoms with Crippen molar-refractivity contribution < 1.29 is 9.53 Å². The summed E-state index contributed by atoms with van der Waals surface area (Å²) in [7, 11) is 0. The quantitative estimate of drug-likeness (QED) is 0.740. The third-order valence-electron chi connectivity index (χ3n) is 3.75. The van der Waals surface area contributed by atoms with E-state index in [2.05, 4.69) is 4.98 Å².